The van der Waals surface area contributed by atoms with Crippen LogP contribution in [0.5, 0.6) is 0 Å². The van der Waals surface area contributed by atoms with Gasteiger partial charge in [-0.05, 0) is 43.2 Å². The van der Waals surface area contributed by atoms with Crippen molar-refractivity contribution in [3.8, 4) is 0 Å². The fraction of sp³-hybridized carbons (Fsp3) is 0.300. The standard InChI is InChI=1S/C20H24ClN3O2/c1-3-20(4-2,13-22)19(26)24-15-10-11-17(21)16(12-15)18(25)23-14-8-6-5-7-9-14/h5-12H,3-4,13,22H2,1-2H3,(H,23,25)(H,24,26). The number of nitrogens with one attached hydrogen (secondary N) is 2. The molecule has 0 bridgehead atoms. The highest BCUT2D eigenvalue weighted by Crippen LogP contribution is 2.28. The van der Waals surface area contributed by atoms with Gasteiger partial charge < -0.3 is 16.4 Å². The maximum atomic E-state index is 12.7. The summed E-state index contributed by atoms with van der Waals surface area (Å²) in [6, 6.07) is 13.9. The molecule has 0 fully saturated rings. The molecule has 0 aliphatic heterocycles. The average Bonchev–Trinajstić information content (AvgIpc) is 2.66. The fourth-order valence-electron chi connectivity index (χ4n) is 2.71. The van der Waals surface area contributed by atoms with Crippen molar-refractivity contribution in [2.45, 2.75) is 26.7 Å². The van der Waals surface area contributed by atoms with Gasteiger partial charge in [-0.3, -0.25) is 9.59 Å². The van der Waals surface area contributed by atoms with E-state index in [1.165, 1.54) is 0 Å². The van der Waals surface area contributed by atoms with Crippen molar-refractivity contribution < 1.29 is 9.59 Å². The SMILES string of the molecule is CCC(CC)(CN)C(=O)Nc1ccc(Cl)c(C(=O)Nc2ccccc2)c1. The van der Waals surface area contributed by atoms with Gasteiger partial charge in [-0.2, -0.15) is 0 Å². The van der Waals surface area contributed by atoms with Gasteiger partial charge >= 0.3 is 0 Å². The maximum Gasteiger partial charge on any atom is 0.257 e. The molecule has 0 aliphatic rings. The molecule has 2 rings (SSSR count). The van der Waals surface area contributed by atoms with E-state index in [1.54, 1.807) is 30.3 Å². The highest BCUT2D eigenvalue weighted by atomic mass is 35.5. The number of rotatable bonds is 7. The van der Waals surface area contributed by atoms with Crippen molar-refractivity contribution in [3.05, 3.63) is 59.1 Å². The first-order valence-electron chi connectivity index (χ1n) is 8.63. The summed E-state index contributed by atoms with van der Waals surface area (Å²) in [5.74, 6) is -0.491. The van der Waals surface area contributed by atoms with Crippen LogP contribution in [0.3, 0.4) is 0 Å². The van der Waals surface area contributed by atoms with Crippen molar-refractivity contribution >= 4 is 34.8 Å². The van der Waals surface area contributed by atoms with Crippen LogP contribution in [0, 0.1) is 5.41 Å². The first-order chi connectivity index (χ1) is 12.5. The van der Waals surface area contributed by atoms with Gasteiger partial charge in [0.1, 0.15) is 0 Å². The predicted molar refractivity (Wildman–Crippen MR) is 107 cm³/mol. The Bertz CT molecular complexity index is 766. The number of para-hydroxylation sites is 1. The van der Waals surface area contributed by atoms with Crippen LogP contribution < -0.4 is 16.4 Å². The van der Waals surface area contributed by atoms with E-state index in [1.807, 2.05) is 32.0 Å². The third kappa shape index (κ3) is 4.42. The summed E-state index contributed by atoms with van der Waals surface area (Å²) in [4.78, 5) is 25.2. The minimum atomic E-state index is -0.619. The van der Waals surface area contributed by atoms with E-state index in [0.717, 1.165) is 0 Å². The van der Waals surface area contributed by atoms with E-state index in [0.29, 0.717) is 34.8 Å². The molecule has 0 aliphatic carbocycles. The van der Waals surface area contributed by atoms with Gasteiger partial charge in [0.15, 0.2) is 0 Å². The van der Waals surface area contributed by atoms with Crippen molar-refractivity contribution in [1.29, 1.82) is 0 Å². The Morgan fingerprint density at radius 3 is 2.23 bits per heavy atom. The second kappa shape index (κ2) is 8.83. The van der Waals surface area contributed by atoms with E-state index in [-0.39, 0.29) is 18.4 Å². The Morgan fingerprint density at radius 1 is 1.00 bits per heavy atom. The molecule has 5 nitrogen and oxygen atoms in total. The van der Waals surface area contributed by atoms with Crippen molar-refractivity contribution in [2.24, 2.45) is 11.1 Å². The lowest BCUT2D eigenvalue weighted by Crippen LogP contribution is -2.41. The van der Waals surface area contributed by atoms with Gasteiger partial charge in [-0.1, -0.05) is 43.6 Å². The summed E-state index contributed by atoms with van der Waals surface area (Å²) >= 11 is 6.17. The highest BCUT2D eigenvalue weighted by molar-refractivity contribution is 6.34. The van der Waals surface area contributed by atoms with Gasteiger partial charge in [0.2, 0.25) is 5.91 Å². The van der Waals surface area contributed by atoms with E-state index in [2.05, 4.69) is 10.6 Å². The lowest BCUT2D eigenvalue weighted by Gasteiger charge is -2.28. The summed E-state index contributed by atoms with van der Waals surface area (Å²) in [5, 5.41) is 5.96. The third-order valence-electron chi connectivity index (χ3n) is 4.73. The molecule has 2 amide bonds. The second-order valence-electron chi connectivity index (χ2n) is 6.16. The summed E-state index contributed by atoms with van der Waals surface area (Å²) in [6.45, 7) is 4.15. The highest BCUT2D eigenvalue weighted by Gasteiger charge is 2.33. The molecule has 0 aromatic heterocycles. The molecule has 0 atom stereocenters. The van der Waals surface area contributed by atoms with E-state index in [9.17, 15) is 9.59 Å². The molecule has 0 saturated carbocycles. The minimum absolute atomic E-state index is 0.151. The predicted octanol–water partition coefficient (Wildman–Crippen LogP) is 4.30. The summed E-state index contributed by atoms with van der Waals surface area (Å²) in [7, 11) is 0. The molecule has 4 N–H and O–H groups in total. The van der Waals surface area contributed by atoms with Crippen molar-refractivity contribution in [2.75, 3.05) is 17.2 Å². The summed E-state index contributed by atoms with van der Waals surface area (Å²) in [6.07, 6.45) is 1.28. The number of hydrogen-bond acceptors (Lipinski definition) is 3. The van der Waals surface area contributed by atoms with Crippen LogP contribution in [0.4, 0.5) is 11.4 Å². The zero-order valence-corrected chi connectivity index (χ0v) is 15.8. The minimum Gasteiger partial charge on any atom is -0.329 e. The summed E-state index contributed by atoms with van der Waals surface area (Å²) < 4.78 is 0. The number of anilines is 2. The van der Waals surface area contributed by atoms with E-state index in [4.69, 9.17) is 17.3 Å². The van der Waals surface area contributed by atoms with Crippen LogP contribution in [0.1, 0.15) is 37.0 Å². The Balaban J connectivity index is 2.21. The van der Waals surface area contributed by atoms with Gasteiger partial charge in [0, 0.05) is 17.9 Å². The third-order valence-corrected chi connectivity index (χ3v) is 5.06. The number of hydrogen-bond donors (Lipinski definition) is 3. The first kappa shape index (κ1) is 19.9. The zero-order chi connectivity index (χ0) is 19.2. The molecule has 2 aromatic carbocycles. The maximum absolute atomic E-state index is 12.7. The second-order valence-corrected chi connectivity index (χ2v) is 6.57. The zero-order valence-electron chi connectivity index (χ0n) is 15.0. The molecule has 6 heteroatoms. The molecule has 0 saturated heterocycles. The number of halogens is 1. The Kier molecular flexibility index (Phi) is 6.77. The summed E-state index contributed by atoms with van der Waals surface area (Å²) in [5.41, 5.74) is 6.68. The number of carbonyl (C=O) groups excluding carboxylic acids is 2. The van der Waals surface area contributed by atoms with Crippen molar-refractivity contribution in [1.82, 2.24) is 0 Å². The Morgan fingerprint density at radius 2 is 1.65 bits per heavy atom. The monoisotopic (exact) mass is 373 g/mol. The molecule has 0 unspecified atom stereocenters. The largest absolute Gasteiger partial charge is 0.329 e. The Labute approximate surface area is 158 Å². The van der Waals surface area contributed by atoms with Gasteiger partial charge in [-0.25, -0.2) is 0 Å². The number of carbonyl (C=O) groups is 2. The van der Waals surface area contributed by atoms with E-state index >= 15 is 0 Å². The smallest absolute Gasteiger partial charge is 0.257 e. The van der Waals surface area contributed by atoms with Crippen LogP contribution in [0.25, 0.3) is 0 Å². The lowest BCUT2D eigenvalue weighted by molar-refractivity contribution is -0.125. The normalized spacial score (nSPS) is 11.1. The molecule has 138 valence electrons. The topological polar surface area (TPSA) is 84.2 Å². The quantitative estimate of drug-likeness (QED) is 0.676. The number of amides is 2. The van der Waals surface area contributed by atoms with Gasteiger partial charge in [0.05, 0.1) is 16.0 Å². The molecular weight excluding hydrogens is 350 g/mol. The molecule has 0 heterocycles. The lowest BCUT2D eigenvalue weighted by atomic mass is 9.81. The molecule has 2 aromatic rings. The van der Waals surface area contributed by atoms with Crippen LogP contribution >= 0.6 is 11.6 Å². The average molecular weight is 374 g/mol. The van der Waals surface area contributed by atoms with Gasteiger partial charge in [0.25, 0.3) is 5.91 Å². The molecule has 0 radical (unpaired) electrons. The molecule has 26 heavy (non-hydrogen) atoms. The van der Waals surface area contributed by atoms with Gasteiger partial charge in [-0.15, -0.1) is 0 Å². The molecule has 0 spiro atoms. The fourth-order valence-corrected chi connectivity index (χ4v) is 2.92. The van der Waals surface area contributed by atoms with Crippen LogP contribution in [-0.4, -0.2) is 18.4 Å². The number of nitrogens with two attached hydrogens (primary N) is 1. The molecular formula is C20H24ClN3O2. The van der Waals surface area contributed by atoms with Crippen LogP contribution in [0.2, 0.25) is 5.02 Å². The van der Waals surface area contributed by atoms with E-state index < -0.39 is 5.41 Å². The number of benzene rings is 2. The Hall–Kier alpha value is -2.37. The van der Waals surface area contributed by atoms with Crippen molar-refractivity contribution in [3.63, 3.8) is 0 Å². The van der Waals surface area contributed by atoms with Crippen LogP contribution in [-0.2, 0) is 4.79 Å². The van der Waals surface area contributed by atoms with Crippen LogP contribution in [0.15, 0.2) is 48.5 Å². The first-order valence-corrected chi connectivity index (χ1v) is 9.01.